The van der Waals surface area contributed by atoms with Crippen LogP contribution in [0.5, 0.6) is 11.5 Å². The standard InChI is InChI=1S/C22H23N5O4/c1-28-15-6-5-14(17(12-15)29-2)13-24-22-25-18-16-4-3-7-23-21(16)31-19(18)20(26-22)27-8-10-30-11-9-27/h3-7,12H,8-11,13H2,1-2H3,(H,24,25,26). The van der Waals surface area contributed by atoms with Crippen molar-refractivity contribution in [3.05, 3.63) is 42.1 Å². The Balaban J connectivity index is 1.53. The van der Waals surface area contributed by atoms with Crippen LogP contribution in [0.25, 0.3) is 22.2 Å². The van der Waals surface area contributed by atoms with Crippen molar-refractivity contribution in [3.63, 3.8) is 0 Å². The van der Waals surface area contributed by atoms with Gasteiger partial charge in [-0.3, -0.25) is 0 Å². The predicted octanol–water partition coefficient (Wildman–Crippen LogP) is 3.24. The molecule has 1 saturated heterocycles. The quantitative estimate of drug-likeness (QED) is 0.503. The van der Waals surface area contributed by atoms with Crippen LogP contribution >= 0.6 is 0 Å². The highest BCUT2D eigenvalue weighted by Crippen LogP contribution is 2.33. The van der Waals surface area contributed by atoms with E-state index in [0.717, 1.165) is 46.9 Å². The highest BCUT2D eigenvalue weighted by atomic mass is 16.5. The maximum Gasteiger partial charge on any atom is 0.229 e. The van der Waals surface area contributed by atoms with Crippen molar-refractivity contribution in [1.82, 2.24) is 15.0 Å². The average Bonchev–Trinajstić information content (AvgIpc) is 3.21. The number of hydrogen-bond acceptors (Lipinski definition) is 9. The largest absolute Gasteiger partial charge is 0.497 e. The number of rotatable bonds is 6. The van der Waals surface area contributed by atoms with Gasteiger partial charge in [-0.1, -0.05) is 0 Å². The van der Waals surface area contributed by atoms with Crippen LogP contribution in [0, 0.1) is 0 Å². The van der Waals surface area contributed by atoms with E-state index in [0.29, 0.717) is 37.0 Å². The number of furan rings is 1. The average molecular weight is 421 g/mol. The minimum atomic E-state index is 0.495. The first-order valence-corrected chi connectivity index (χ1v) is 10.1. The van der Waals surface area contributed by atoms with Crippen molar-refractivity contribution in [3.8, 4) is 11.5 Å². The number of aromatic nitrogens is 3. The second kappa shape index (κ2) is 8.27. The third kappa shape index (κ3) is 3.68. The molecular weight excluding hydrogens is 398 g/mol. The minimum absolute atomic E-state index is 0.495. The van der Waals surface area contributed by atoms with E-state index >= 15 is 0 Å². The first-order valence-electron chi connectivity index (χ1n) is 10.1. The molecule has 1 aromatic carbocycles. The van der Waals surface area contributed by atoms with Gasteiger partial charge in [0.1, 0.15) is 17.0 Å². The van der Waals surface area contributed by atoms with E-state index < -0.39 is 0 Å². The Hall–Kier alpha value is -3.59. The van der Waals surface area contributed by atoms with Crippen molar-refractivity contribution in [2.45, 2.75) is 6.54 Å². The van der Waals surface area contributed by atoms with Crippen molar-refractivity contribution >= 4 is 34.0 Å². The van der Waals surface area contributed by atoms with Crippen LogP contribution in [-0.4, -0.2) is 55.5 Å². The molecule has 0 atom stereocenters. The molecule has 1 aliphatic heterocycles. The smallest absolute Gasteiger partial charge is 0.229 e. The van der Waals surface area contributed by atoms with Crippen LogP contribution in [0.2, 0.25) is 0 Å². The Morgan fingerprint density at radius 2 is 1.97 bits per heavy atom. The molecule has 1 fully saturated rings. The molecule has 0 radical (unpaired) electrons. The molecule has 0 saturated carbocycles. The molecule has 0 amide bonds. The second-order valence-corrected chi connectivity index (χ2v) is 7.14. The molecule has 4 heterocycles. The fraction of sp³-hybridized carbons (Fsp3) is 0.318. The number of hydrogen-bond donors (Lipinski definition) is 1. The summed E-state index contributed by atoms with van der Waals surface area (Å²) in [5.74, 6) is 2.73. The first-order chi connectivity index (χ1) is 15.3. The van der Waals surface area contributed by atoms with Crippen LogP contribution < -0.4 is 19.7 Å². The topological polar surface area (TPSA) is 94.8 Å². The van der Waals surface area contributed by atoms with E-state index in [1.807, 2.05) is 30.3 Å². The van der Waals surface area contributed by atoms with Gasteiger partial charge in [-0.15, -0.1) is 0 Å². The zero-order valence-corrected chi connectivity index (χ0v) is 17.4. The lowest BCUT2D eigenvalue weighted by atomic mass is 10.2. The summed E-state index contributed by atoms with van der Waals surface area (Å²) in [4.78, 5) is 16.0. The number of methoxy groups -OCH3 is 2. The van der Waals surface area contributed by atoms with Crippen molar-refractivity contribution in [2.24, 2.45) is 0 Å². The minimum Gasteiger partial charge on any atom is -0.497 e. The zero-order chi connectivity index (χ0) is 21.2. The molecule has 5 rings (SSSR count). The van der Waals surface area contributed by atoms with E-state index in [1.54, 1.807) is 20.4 Å². The van der Waals surface area contributed by atoms with Gasteiger partial charge in [-0.05, 0) is 24.3 Å². The number of ether oxygens (including phenoxy) is 3. The van der Waals surface area contributed by atoms with Gasteiger partial charge in [0.05, 0.1) is 32.8 Å². The van der Waals surface area contributed by atoms with Gasteiger partial charge in [0.25, 0.3) is 0 Å². The van der Waals surface area contributed by atoms with Crippen LogP contribution in [0.1, 0.15) is 5.56 Å². The summed E-state index contributed by atoms with van der Waals surface area (Å²) in [5, 5.41) is 4.20. The molecule has 9 nitrogen and oxygen atoms in total. The lowest BCUT2D eigenvalue weighted by Gasteiger charge is -2.27. The van der Waals surface area contributed by atoms with Gasteiger partial charge in [-0.2, -0.15) is 4.98 Å². The Bertz CT molecular complexity index is 1220. The lowest BCUT2D eigenvalue weighted by molar-refractivity contribution is 0.122. The Morgan fingerprint density at radius 1 is 1.10 bits per heavy atom. The number of anilines is 2. The fourth-order valence-electron chi connectivity index (χ4n) is 3.70. The van der Waals surface area contributed by atoms with E-state index in [2.05, 4.69) is 15.2 Å². The van der Waals surface area contributed by atoms with E-state index in [-0.39, 0.29) is 0 Å². The van der Waals surface area contributed by atoms with Crippen LogP contribution in [0.15, 0.2) is 40.9 Å². The summed E-state index contributed by atoms with van der Waals surface area (Å²) in [7, 11) is 3.27. The third-order valence-electron chi connectivity index (χ3n) is 5.31. The van der Waals surface area contributed by atoms with Gasteiger partial charge >= 0.3 is 0 Å². The number of nitrogens with zero attached hydrogens (tertiary/aromatic N) is 4. The van der Waals surface area contributed by atoms with E-state index in [1.165, 1.54) is 0 Å². The zero-order valence-electron chi connectivity index (χ0n) is 17.4. The number of pyridine rings is 1. The maximum absolute atomic E-state index is 6.04. The molecule has 31 heavy (non-hydrogen) atoms. The molecule has 0 bridgehead atoms. The first kappa shape index (κ1) is 19.4. The summed E-state index contributed by atoms with van der Waals surface area (Å²) in [6, 6.07) is 9.56. The summed E-state index contributed by atoms with van der Waals surface area (Å²) in [6.45, 7) is 3.27. The monoisotopic (exact) mass is 421 g/mol. The molecule has 0 aliphatic carbocycles. The molecule has 4 aromatic rings. The predicted molar refractivity (Wildman–Crippen MR) is 117 cm³/mol. The van der Waals surface area contributed by atoms with Crippen LogP contribution in [0.3, 0.4) is 0 Å². The number of morpholine rings is 1. The molecule has 0 spiro atoms. The second-order valence-electron chi connectivity index (χ2n) is 7.14. The Labute approximate surface area is 179 Å². The molecule has 1 aliphatic rings. The van der Waals surface area contributed by atoms with Gasteiger partial charge in [0.2, 0.25) is 11.7 Å². The van der Waals surface area contributed by atoms with Crippen LogP contribution in [0.4, 0.5) is 11.8 Å². The molecular formula is C22H23N5O4. The highest BCUT2D eigenvalue weighted by molar-refractivity contribution is 6.05. The van der Waals surface area contributed by atoms with Crippen molar-refractivity contribution in [2.75, 3.05) is 50.7 Å². The number of benzene rings is 1. The van der Waals surface area contributed by atoms with Crippen molar-refractivity contribution in [1.29, 1.82) is 0 Å². The third-order valence-corrected chi connectivity index (χ3v) is 5.31. The molecule has 0 unspecified atom stereocenters. The van der Waals surface area contributed by atoms with E-state index in [9.17, 15) is 0 Å². The fourth-order valence-corrected chi connectivity index (χ4v) is 3.70. The van der Waals surface area contributed by atoms with Crippen molar-refractivity contribution < 1.29 is 18.6 Å². The summed E-state index contributed by atoms with van der Waals surface area (Å²) >= 11 is 0. The van der Waals surface area contributed by atoms with Gasteiger partial charge < -0.3 is 28.8 Å². The molecule has 3 aromatic heterocycles. The summed E-state index contributed by atoms with van der Waals surface area (Å²) in [6.07, 6.45) is 1.71. The number of nitrogens with one attached hydrogen (secondary N) is 1. The van der Waals surface area contributed by atoms with Gasteiger partial charge in [-0.25, -0.2) is 9.97 Å². The van der Waals surface area contributed by atoms with Crippen LogP contribution in [-0.2, 0) is 11.3 Å². The number of fused-ring (bicyclic) bond motifs is 3. The molecule has 1 N–H and O–H groups in total. The highest BCUT2D eigenvalue weighted by Gasteiger charge is 2.22. The molecule has 9 heteroatoms. The SMILES string of the molecule is COc1ccc(CNc2nc(N3CCOCC3)c3oc4ncccc4c3n2)c(OC)c1. The Kier molecular flexibility index (Phi) is 5.17. The normalized spacial score (nSPS) is 14.2. The summed E-state index contributed by atoms with van der Waals surface area (Å²) in [5.41, 5.74) is 2.90. The summed E-state index contributed by atoms with van der Waals surface area (Å²) < 4.78 is 22.3. The van der Waals surface area contributed by atoms with Gasteiger partial charge in [0.15, 0.2) is 11.4 Å². The lowest BCUT2D eigenvalue weighted by Crippen LogP contribution is -2.37. The Morgan fingerprint density at radius 3 is 2.77 bits per heavy atom. The van der Waals surface area contributed by atoms with E-state index in [4.69, 9.17) is 28.6 Å². The molecule has 160 valence electrons. The van der Waals surface area contributed by atoms with Gasteiger partial charge in [0, 0.05) is 37.5 Å². The maximum atomic E-state index is 6.04.